The third kappa shape index (κ3) is 3.45. The van der Waals surface area contributed by atoms with E-state index in [-0.39, 0.29) is 11.7 Å². The molecule has 1 amide bonds. The van der Waals surface area contributed by atoms with Crippen LogP contribution < -0.4 is 10.1 Å². The van der Waals surface area contributed by atoms with Crippen LogP contribution in [0.2, 0.25) is 0 Å². The Bertz CT molecular complexity index is 821. The molecule has 0 fully saturated rings. The van der Waals surface area contributed by atoms with Crippen molar-refractivity contribution in [2.75, 3.05) is 13.7 Å². The molecular weight excluding hydrogens is 316 g/mol. The van der Waals surface area contributed by atoms with E-state index in [0.717, 1.165) is 46.5 Å². The number of carbonyl (C=O) groups excluding carboxylic acids is 2. The Kier molecular flexibility index (Phi) is 4.93. The zero-order valence-electron chi connectivity index (χ0n) is 15.0. The molecule has 2 N–H and O–H groups in total. The molecule has 5 heteroatoms. The number of rotatable bonds is 5. The fraction of sp³-hybridized carbons (Fsp3) is 0.400. The first kappa shape index (κ1) is 17.3. The minimum atomic E-state index is -0.161. The Morgan fingerprint density at radius 3 is 2.80 bits per heavy atom. The number of ether oxygens (including phenoxy) is 1. The van der Waals surface area contributed by atoms with Gasteiger partial charge < -0.3 is 15.0 Å². The summed E-state index contributed by atoms with van der Waals surface area (Å²) in [6.07, 6.45) is 2.94. The van der Waals surface area contributed by atoms with Gasteiger partial charge in [0, 0.05) is 24.2 Å². The minimum Gasteiger partial charge on any atom is -0.496 e. The summed E-state index contributed by atoms with van der Waals surface area (Å²) in [5.74, 6) is 0.807. The van der Waals surface area contributed by atoms with Gasteiger partial charge in [-0.15, -0.1) is 0 Å². The van der Waals surface area contributed by atoms with Crippen LogP contribution in [0.4, 0.5) is 0 Å². The standard InChI is InChI=1S/C20H24N2O3/c1-12-7-8-17(25-3)14(11-12)9-10-21-20(24)19-13(2)18-15(22-19)5-4-6-16(18)23/h7-8,11,22H,4-6,9-10H2,1-3H3,(H,21,24). The van der Waals surface area contributed by atoms with Crippen molar-refractivity contribution in [3.05, 3.63) is 51.8 Å². The SMILES string of the molecule is COc1ccc(C)cc1CCNC(=O)c1[nH]c2c(c1C)C(=O)CCC2. The summed E-state index contributed by atoms with van der Waals surface area (Å²) in [4.78, 5) is 27.7. The Morgan fingerprint density at radius 1 is 1.28 bits per heavy atom. The van der Waals surface area contributed by atoms with Crippen LogP contribution in [0.15, 0.2) is 18.2 Å². The van der Waals surface area contributed by atoms with Crippen LogP contribution in [-0.2, 0) is 12.8 Å². The molecule has 0 atom stereocenters. The highest BCUT2D eigenvalue weighted by molar-refractivity contribution is 6.04. The smallest absolute Gasteiger partial charge is 0.268 e. The van der Waals surface area contributed by atoms with Crippen LogP contribution in [0, 0.1) is 13.8 Å². The average molecular weight is 340 g/mol. The maximum Gasteiger partial charge on any atom is 0.268 e. The molecule has 1 heterocycles. The molecule has 0 unspecified atom stereocenters. The van der Waals surface area contributed by atoms with Gasteiger partial charge in [-0.1, -0.05) is 17.7 Å². The lowest BCUT2D eigenvalue weighted by molar-refractivity contribution is 0.0948. The van der Waals surface area contributed by atoms with Crippen molar-refractivity contribution < 1.29 is 14.3 Å². The number of Topliss-reactive ketones (excluding diaryl/α,β-unsaturated/α-hetero) is 1. The molecule has 5 nitrogen and oxygen atoms in total. The van der Waals surface area contributed by atoms with Crippen LogP contribution in [0.5, 0.6) is 5.75 Å². The third-order valence-electron chi connectivity index (χ3n) is 4.78. The van der Waals surface area contributed by atoms with Gasteiger partial charge >= 0.3 is 0 Å². The van der Waals surface area contributed by atoms with E-state index in [1.165, 1.54) is 0 Å². The maximum absolute atomic E-state index is 12.5. The van der Waals surface area contributed by atoms with E-state index in [1.807, 2.05) is 26.0 Å². The quantitative estimate of drug-likeness (QED) is 0.878. The highest BCUT2D eigenvalue weighted by Gasteiger charge is 2.26. The molecule has 1 aromatic heterocycles. The number of aryl methyl sites for hydroxylation is 2. The summed E-state index contributed by atoms with van der Waals surface area (Å²) in [5.41, 5.74) is 5.13. The van der Waals surface area contributed by atoms with Gasteiger partial charge in [-0.3, -0.25) is 9.59 Å². The first-order chi connectivity index (χ1) is 12.0. The minimum absolute atomic E-state index is 0.138. The Hall–Kier alpha value is -2.56. The molecule has 1 aliphatic carbocycles. The fourth-order valence-electron chi connectivity index (χ4n) is 3.50. The van der Waals surface area contributed by atoms with Gasteiger partial charge in [-0.25, -0.2) is 0 Å². The molecule has 0 bridgehead atoms. The van der Waals surface area contributed by atoms with Crippen molar-refractivity contribution in [3.63, 3.8) is 0 Å². The van der Waals surface area contributed by atoms with Crippen LogP contribution in [0.1, 0.15) is 56.1 Å². The predicted octanol–water partition coefficient (Wildman–Crippen LogP) is 3.13. The Labute approximate surface area is 147 Å². The molecule has 1 aromatic carbocycles. The van der Waals surface area contributed by atoms with Crippen LogP contribution >= 0.6 is 0 Å². The lowest BCUT2D eigenvalue weighted by Gasteiger charge is -2.10. The fourth-order valence-corrected chi connectivity index (χ4v) is 3.50. The van der Waals surface area contributed by atoms with E-state index in [2.05, 4.69) is 16.4 Å². The normalized spacial score (nSPS) is 13.5. The van der Waals surface area contributed by atoms with Gasteiger partial charge in [-0.2, -0.15) is 0 Å². The zero-order valence-corrected chi connectivity index (χ0v) is 15.0. The number of nitrogens with one attached hydrogen (secondary N) is 2. The van der Waals surface area contributed by atoms with Crippen molar-refractivity contribution in [1.29, 1.82) is 0 Å². The molecule has 0 aliphatic heterocycles. The van der Waals surface area contributed by atoms with Crippen molar-refractivity contribution in [3.8, 4) is 5.75 Å². The number of H-pyrrole nitrogens is 1. The lowest BCUT2D eigenvalue weighted by atomic mass is 9.94. The van der Waals surface area contributed by atoms with Gasteiger partial charge in [0.25, 0.3) is 5.91 Å². The summed E-state index contributed by atoms with van der Waals surface area (Å²) < 4.78 is 5.37. The second-order valence-electron chi connectivity index (χ2n) is 6.58. The molecular formula is C20H24N2O3. The monoisotopic (exact) mass is 340 g/mol. The van der Waals surface area contributed by atoms with E-state index in [9.17, 15) is 9.59 Å². The number of benzene rings is 1. The van der Waals surface area contributed by atoms with E-state index < -0.39 is 0 Å². The van der Waals surface area contributed by atoms with E-state index >= 15 is 0 Å². The summed E-state index contributed by atoms with van der Waals surface area (Å²) in [5, 5.41) is 2.95. The zero-order chi connectivity index (χ0) is 18.0. The molecule has 0 saturated heterocycles. The molecule has 25 heavy (non-hydrogen) atoms. The summed E-state index contributed by atoms with van der Waals surface area (Å²) >= 11 is 0. The summed E-state index contributed by atoms with van der Waals surface area (Å²) in [6, 6.07) is 6.02. The van der Waals surface area contributed by atoms with Crippen LogP contribution in [0.3, 0.4) is 0 Å². The maximum atomic E-state index is 12.5. The van der Waals surface area contributed by atoms with E-state index in [1.54, 1.807) is 7.11 Å². The van der Waals surface area contributed by atoms with Gasteiger partial charge in [0.1, 0.15) is 11.4 Å². The first-order valence-corrected chi connectivity index (χ1v) is 8.67. The Morgan fingerprint density at radius 2 is 2.08 bits per heavy atom. The van der Waals surface area contributed by atoms with Crippen molar-refractivity contribution in [1.82, 2.24) is 10.3 Å². The molecule has 0 saturated carbocycles. The number of ketones is 1. The van der Waals surface area contributed by atoms with Gasteiger partial charge in [0.15, 0.2) is 5.78 Å². The second kappa shape index (κ2) is 7.13. The number of aromatic nitrogens is 1. The molecule has 0 spiro atoms. The number of amides is 1. The first-order valence-electron chi connectivity index (χ1n) is 8.67. The number of hydrogen-bond acceptors (Lipinski definition) is 3. The number of methoxy groups -OCH3 is 1. The predicted molar refractivity (Wildman–Crippen MR) is 96.6 cm³/mol. The van der Waals surface area contributed by atoms with Gasteiger partial charge in [0.2, 0.25) is 0 Å². The molecule has 132 valence electrons. The molecule has 2 aromatic rings. The van der Waals surface area contributed by atoms with Crippen molar-refractivity contribution in [2.45, 2.75) is 39.5 Å². The van der Waals surface area contributed by atoms with E-state index in [0.29, 0.717) is 25.1 Å². The van der Waals surface area contributed by atoms with Crippen LogP contribution in [-0.4, -0.2) is 30.3 Å². The van der Waals surface area contributed by atoms with Gasteiger partial charge in [0.05, 0.1) is 7.11 Å². The third-order valence-corrected chi connectivity index (χ3v) is 4.78. The van der Waals surface area contributed by atoms with Crippen molar-refractivity contribution >= 4 is 11.7 Å². The topological polar surface area (TPSA) is 71.2 Å². The lowest BCUT2D eigenvalue weighted by Crippen LogP contribution is -2.26. The largest absolute Gasteiger partial charge is 0.496 e. The van der Waals surface area contributed by atoms with Crippen molar-refractivity contribution in [2.24, 2.45) is 0 Å². The average Bonchev–Trinajstić information content (AvgIpc) is 2.93. The molecule has 0 radical (unpaired) electrons. The summed E-state index contributed by atoms with van der Waals surface area (Å²) in [6.45, 7) is 4.39. The van der Waals surface area contributed by atoms with E-state index in [4.69, 9.17) is 4.74 Å². The number of fused-ring (bicyclic) bond motifs is 1. The number of aromatic amines is 1. The number of hydrogen-bond donors (Lipinski definition) is 2. The van der Waals surface area contributed by atoms with Gasteiger partial charge in [-0.05, 0) is 50.3 Å². The number of carbonyl (C=O) groups is 2. The summed E-state index contributed by atoms with van der Waals surface area (Å²) in [7, 11) is 1.65. The second-order valence-corrected chi connectivity index (χ2v) is 6.58. The van der Waals surface area contributed by atoms with Crippen LogP contribution in [0.25, 0.3) is 0 Å². The Balaban J connectivity index is 1.68. The highest BCUT2D eigenvalue weighted by Crippen LogP contribution is 2.26. The molecule has 3 rings (SSSR count). The highest BCUT2D eigenvalue weighted by atomic mass is 16.5. The molecule has 1 aliphatic rings.